The van der Waals surface area contributed by atoms with Crippen LogP contribution in [-0.4, -0.2) is 9.97 Å². The van der Waals surface area contributed by atoms with Gasteiger partial charge in [-0.15, -0.1) is 11.3 Å². The first-order chi connectivity index (χ1) is 8.15. The van der Waals surface area contributed by atoms with Gasteiger partial charge in [0, 0.05) is 39.3 Å². The van der Waals surface area contributed by atoms with Crippen LogP contribution >= 0.6 is 43.2 Å². The van der Waals surface area contributed by atoms with Crippen LogP contribution in [0.25, 0.3) is 0 Å². The van der Waals surface area contributed by atoms with Crippen LogP contribution in [0.2, 0.25) is 0 Å². The van der Waals surface area contributed by atoms with E-state index < -0.39 is 0 Å². The van der Waals surface area contributed by atoms with E-state index in [-0.39, 0.29) is 0 Å². The van der Waals surface area contributed by atoms with Crippen LogP contribution in [0.3, 0.4) is 0 Å². The summed E-state index contributed by atoms with van der Waals surface area (Å²) in [6, 6.07) is 2.00. The van der Waals surface area contributed by atoms with E-state index in [0.717, 1.165) is 38.4 Å². The lowest BCUT2D eigenvalue weighted by Crippen LogP contribution is -2.14. The molecule has 0 aromatic carbocycles. The zero-order valence-electron chi connectivity index (χ0n) is 9.20. The summed E-state index contributed by atoms with van der Waals surface area (Å²) in [6.07, 6.45) is 1.80. The van der Waals surface area contributed by atoms with Crippen molar-refractivity contribution in [3.63, 3.8) is 0 Å². The van der Waals surface area contributed by atoms with Crippen LogP contribution in [0.4, 0.5) is 0 Å². The number of nitrogens with zero attached hydrogens (tertiary/aromatic N) is 2. The third-order valence-electron chi connectivity index (χ3n) is 2.12. The summed E-state index contributed by atoms with van der Waals surface area (Å²) >= 11 is 8.55. The molecule has 0 fully saturated rings. The summed E-state index contributed by atoms with van der Waals surface area (Å²) in [5.41, 5.74) is 2.08. The Bertz CT molecular complexity index is 513. The molecule has 17 heavy (non-hydrogen) atoms. The van der Waals surface area contributed by atoms with Crippen molar-refractivity contribution in [3.8, 4) is 0 Å². The third kappa shape index (κ3) is 3.84. The van der Waals surface area contributed by atoms with Crippen molar-refractivity contribution >= 4 is 43.2 Å². The van der Waals surface area contributed by atoms with E-state index in [0.29, 0.717) is 0 Å². The molecule has 0 aliphatic carbocycles. The topological polar surface area (TPSA) is 37.8 Å². The molecule has 6 heteroatoms. The number of halogens is 2. The standard InChI is InChI=1S/C11H11Br2N3S/c1-7-6-17-11(16-7)5-14-4-10-9(13)2-8(12)3-15-10/h2-3,6,14H,4-5H2,1H3. The Morgan fingerprint density at radius 3 is 2.82 bits per heavy atom. The molecule has 0 saturated carbocycles. The van der Waals surface area contributed by atoms with E-state index in [9.17, 15) is 0 Å². The highest BCUT2D eigenvalue weighted by molar-refractivity contribution is 9.11. The van der Waals surface area contributed by atoms with Gasteiger partial charge in [0.25, 0.3) is 0 Å². The predicted octanol–water partition coefficient (Wildman–Crippen LogP) is 3.66. The van der Waals surface area contributed by atoms with Gasteiger partial charge in [0.15, 0.2) is 0 Å². The molecule has 0 atom stereocenters. The molecular formula is C11H11Br2N3S. The lowest BCUT2D eigenvalue weighted by atomic mass is 10.3. The third-order valence-corrected chi connectivity index (χ3v) is 4.21. The zero-order chi connectivity index (χ0) is 12.3. The van der Waals surface area contributed by atoms with Gasteiger partial charge in [-0.2, -0.15) is 0 Å². The van der Waals surface area contributed by atoms with Crippen LogP contribution in [0.15, 0.2) is 26.6 Å². The maximum Gasteiger partial charge on any atom is 0.107 e. The molecule has 1 N–H and O–H groups in total. The summed E-state index contributed by atoms with van der Waals surface area (Å²) in [5, 5.41) is 6.50. The van der Waals surface area contributed by atoms with E-state index in [1.165, 1.54) is 0 Å². The van der Waals surface area contributed by atoms with Crippen molar-refractivity contribution < 1.29 is 0 Å². The molecule has 0 unspecified atom stereocenters. The average molecular weight is 377 g/mol. The number of hydrogen-bond acceptors (Lipinski definition) is 4. The fourth-order valence-electron chi connectivity index (χ4n) is 1.34. The van der Waals surface area contributed by atoms with Gasteiger partial charge in [0.1, 0.15) is 5.01 Å². The highest BCUT2D eigenvalue weighted by atomic mass is 79.9. The van der Waals surface area contributed by atoms with Gasteiger partial charge >= 0.3 is 0 Å². The average Bonchev–Trinajstić information content (AvgIpc) is 2.68. The normalized spacial score (nSPS) is 10.8. The lowest BCUT2D eigenvalue weighted by Gasteiger charge is -2.04. The second-order valence-corrected chi connectivity index (χ2v) is 6.28. The number of thiazole rings is 1. The van der Waals surface area contributed by atoms with Gasteiger partial charge in [0.2, 0.25) is 0 Å². The van der Waals surface area contributed by atoms with Crippen LogP contribution in [-0.2, 0) is 13.1 Å². The largest absolute Gasteiger partial charge is 0.305 e. The van der Waals surface area contributed by atoms with Crippen molar-refractivity contribution in [2.24, 2.45) is 0 Å². The maximum absolute atomic E-state index is 4.39. The SMILES string of the molecule is Cc1csc(CNCc2ncc(Br)cc2Br)n1. The molecule has 2 heterocycles. The quantitative estimate of drug-likeness (QED) is 0.884. The molecule has 0 aliphatic rings. The molecule has 0 bridgehead atoms. The molecule has 2 rings (SSSR count). The van der Waals surface area contributed by atoms with E-state index in [2.05, 4.69) is 52.5 Å². The van der Waals surface area contributed by atoms with Gasteiger partial charge in [-0.05, 0) is 44.8 Å². The second kappa shape index (κ2) is 6.04. The minimum absolute atomic E-state index is 0.729. The molecule has 2 aromatic rings. The maximum atomic E-state index is 4.39. The van der Waals surface area contributed by atoms with E-state index in [1.54, 1.807) is 17.5 Å². The molecule has 0 amide bonds. The second-order valence-electron chi connectivity index (χ2n) is 3.57. The van der Waals surface area contributed by atoms with Gasteiger partial charge in [-0.3, -0.25) is 4.98 Å². The summed E-state index contributed by atoms with van der Waals surface area (Å²) in [4.78, 5) is 8.74. The Labute approximate surface area is 121 Å². The minimum atomic E-state index is 0.729. The monoisotopic (exact) mass is 375 g/mol. The fraction of sp³-hybridized carbons (Fsp3) is 0.273. The summed E-state index contributed by atoms with van der Waals surface area (Å²) in [7, 11) is 0. The van der Waals surface area contributed by atoms with Crippen molar-refractivity contribution in [2.75, 3.05) is 0 Å². The minimum Gasteiger partial charge on any atom is -0.305 e. The van der Waals surface area contributed by atoms with Crippen LogP contribution in [0, 0.1) is 6.92 Å². The number of aryl methyl sites for hydroxylation is 1. The number of nitrogens with one attached hydrogen (secondary N) is 1. The summed E-state index contributed by atoms with van der Waals surface area (Å²) < 4.78 is 1.98. The number of hydrogen-bond donors (Lipinski definition) is 1. The number of rotatable bonds is 4. The fourth-order valence-corrected chi connectivity index (χ4v) is 3.21. The Morgan fingerprint density at radius 1 is 1.35 bits per heavy atom. The molecule has 0 radical (unpaired) electrons. The Hall–Kier alpha value is -0.300. The number of pyridine rings is 1. The van der Waals surface area contributed by atoms with Gasteiger partial charge in [-0.1, -0.05) is 0 Å². The molecule has 0 aliphatic heterocycles. The lowest BCUT2D eigenvalue weighted by molar-refractivity contribution is 0.673. The Balaban J connectivity index is 1.90. The summed E-state index contributed by atoms with van der Waals surface area (Å²) in [6.45, 7) is 3.52. The molecule has 90 valence electrons. The van der Waals surface area contributed by atoms with E-state index in [4.69, 9.17) is 0 Å². The highest BCUT2D eigenvalue weighted by Gasteiger charge is 2.03. The van der Waals surface area contributed by atoms with Gasteiger partial charge in [0.05, 0.1) is 5.69 Å². The first-order valence-electron chi connectivity index (χ1n) is 5.07. The molecule has 2 aromatic heterocycles. The van der Waals surface area contributed by atoms with Crippen molar-refractivity contribution in [3.05, 3.63) is 43.0 Å². The number of aromatic nitrogens is 2. The molecule has 0 saturated heterocycles. The summed E-state index contributed by atoms with van der Waals surface area (Å²) in [5.74, 6) is 0. The van der Waals surface area contributed by atoms with Gasteiger partial charge < -0.3 is 5.32 Å². The zero-order valence-corrected chi connectivity index (χ0v) is 13.2. The van der Waals surface area contributed by atoms with Crippen LogP contribution in [0.1, 0.15) is 16.4 Å². The highest BCUT2D eigenvalue weighted by Crippen LogP contribution is 2.19. The van der Waals surface area contributed by atoms with Crippen molar-refractivity contribution in [1.82, 2.24) is 15.3 Å². The van der Waals surface area contributed by atoms with Crippen LogP contribution in [0.5, 0.6) is 0 Å². The van der Waals surface area contributed by atoms with E-state index >= 15 is 0 Å². The van der Waals surface area contributed by atoms with E-state index in [1.807, 2.05) is 13.0 Å². The predicted molar refractivity (Wildman–Crippen MR) is 77.0 cm³/mol. The Morgan fingerprint density at radius 2 is 2.18 bits per heavy atom. The first-order valence-corrected chi connectivity index (χ1v) is 7.53. The van der Waals surface area contributed by atoms with Gasteiger partial charge in [-0.25, -0.2) is 4.98 Å². The Kier molecular flexibility index (Phi) is 4.67. The first kappa shape index (κ1) is 13.1. The molecule has 3 nitrogen and oxygen atoms in total. The van der Waals surface area contributed by atoms with Crippen LogP contribution < -0.4 is 5.32 Å². The van der Waals surface area contributed by atoms with Crippen molar-refractivity contribution in [1.29, 1.82) is 0 Å². The van der Waals surface area contributed by atoms with Crippen molar-refractivity contribution in [2.45, 2.75) is 20.0 Å². The molecule has 0 spiro atoms. The molecular weight excluding hydrogens is 366 g/mol. The smallest absolute Gasteiger partial charge is 0.107 e.